The number of carbonyl (C=O) groups excluding carboxylic acids is 3. The summed E-state index contributed by atoms with van der Waals surface area (Å²) in [5.41, 5.74) is 2.62. The number of ketones is 1. The number of aromatic nitrogens is 1. The van der Waals surface area contributed by atoms with E-state index < -0.39 is 29.6 Å². The second kappa shape index (κ2) is 12.4. The van der Waals surface area contributed by atoms with Crippen molar-refractivity contribution in [1.82, 2.24) is 4.98 Å². The molecule has 1 aliphatic rings. The number of esters is 1. The first-order chi connectivity index (χ1) is 20.3. The van der Waals surface area contributed by atoms with E-state index in [0.29, 0.717) is 23.6 Å². The first-order valence-corrected chi connectivity index (χ1v) is 14.4. The summed E-state index contributed by atoms with van der Waals surface area (Å²) in [6, 6.07) is 25.0. The maximum atomic E-state index is 13.6. The summed E-state index contributed by atoms with van der Waals surface area (Å²) in [7, 11) is 0. The summed E-state index contributed by atoms with van der Waals surface area (Å²) in [5.74, 6) is -2.29. The molecule has 0 aliphatic carbocycles. The molecule has 2 atom stereocenters. The summed E-state index contributed by atoms with van der Waals surface area (Å²) >= 11 is 0.989. The van der Waals surface area contributed by atoms with Gasteiger partial charge in [0.25, 0.3) is 5.78 Å². The largest absolute Gasteiger partial charge is 0.507 e. The average Bonchev–Trinajstić information content (AvgIpc) is 3.52. The first-order valence-electron chi connectivity index (χ1n) is 13.6. The Balaban J connectivity index is 1.53. The van der Waals surface area contributed by atoms with Crippen molar-refractivity contribution in [3.05, 3.63) is 118 Å². The Morgan fingerprint density at radius 3 is 2.29 bits per heavy atom. The van der Waals surface area contributed by atoms with E-state index in [1.807, 2.05) is 67.6 Å². The van der Waals surface area contributed by atoms with Gasteiger partial charge in [0.1, 0.15) is 23.0 Å². The monoisotopic (exact) mass is 582 g/mol. The van der Waals surface area contributed by atoms with E-state index in [-0.39, 0.29) is 27.9 Å². The average molecular weight is 583 g/mol. The lowest BCUT2D eigenvalue weighted by molar-refractivity contribution is -0.132. The molecule has 1 N–H and O–H groups in total. The van der Waals surface area contributed by atoms with E-state index in [2.05, 4.69) is 4.98 Å². The molecule has 42 heavy (non-hydrogen) atoms. The number of rotatable bonds is 9. The lowest BCUT2D eigenvalue weighted by atomic mass is 9.87. The second-order valence-corrected chi connectivity index (χ2v) is 10.8. The molecule has 3 aromatic carbocycles. The van der Waals surface area contributed by atoms with Gasteiger partial charge in [-0.3, -0.25) is 14.5 Å². The SMILES string of the molecule is CCOC(=O)c1sc(N2C(=O)C(=O)/C(=C(/O)c3ccc(OCc4ccccc4)cc3)C2C(C)c2ccccc2)nc1C. The molecule has 1 aromatic heterocycles. The molecular formula is C33H30N2O6S. The van der Waals surface area contributed by atoms with Gasteiger partial charge in [0.15, 0.2) is 5.13 Å². The quantitative estimate of drug-likeness (QED) is 0.107. The normalized spacial score (nSPS) is 16.8. The highest BCUT2D eigenvalue weighted by molar-refractivity contribution is 7.17. The number of carbonyl (C=O) groups is 3. The molecule has 5 rings (SSSR count). The van der Waals surface area contributed by atoms with Crippen LogP contribution in [-0.4, -0.2) is 40.4 Å². The maximum absolute atomic E-state index is 13.6. The molecule has 1 aliphatic heterocycles. The minimum Gasteiger partial charge on any atom is -0.507 e. The van der Waals surface area contributed by atoms with Gasteiger partial charge < -0.3 is 14.6 Å². The zero-order chi connectivity index (χ0) is 29.8. The standard InChI is InChI=1S/C33H30N2O6S/c1-4-40-32(39)30-21(3)34-33(42-30)35-27(20(2)23-13-9-6-10-14-23)26(29(37)31(35)38)28(36)24-15-17-25(18-16-24)41-19-22-11-7-5-8-12-22/h5-18,20,27,36H,4,19H2,1-3H3/b28-26+. The molecule has 1 amide bonds. The number of thiazole rings is 1. The zero-order valence-corrected chi connectivity index (χ0v) is 24.3. The predicted octanol–water partition coefficient (Wildman–Crippen LogP) is 6.26. The maximum Gasteiger partial charge on any atom is 0.350 e. The van der Waals surface area contributed by atoms with E-state index in [1.165, 1.54) is 4.90 Å². The molecule has 2 unspecified atom stereocenters. The summed E-state index contributed by atoms with van der Waals surface area (Å²) in [6.45, 7) is 5.82. The Labute approximate surface area is 247 Å². The van der Waals surface area contributed by atoms with Gasteiger partial charge >= 0.3 is 11.9 Å². The number of ether oxygens (including phenoxy) is 2. The number of aliphatic hydroxyl groups excluding tert-OH is 1. The van der Waals surface area contributed by atoms with Gasteiger partial charge in [0.2, 0.25) is 0 Å². The first kappa shape index (κ1) is 28.8. The van der Waals surface area contributed by atoms with Gasteiger partial charge in [0, 0.05) is 11.5 Å². The van der Waals surface area contributed by atoms with Crippen LogP contribution >= 0.6 is 11.3 Å². The van der Waals surface area contributed by atoms with E-state index >= 15 is 0 Å². The van der Waals surface area contributed by atoms with Crippen molar-refractivity contribution in [1.29, 1.82) is 0 Å². The molecule has 0 bridgehead atoms. The topological polar surface area (TPSA) is 106 Å². The predicted molar refractivity (Wildman–Crippen MR) is 161 cm³/mol. The van der Waals surface area contributed by atoms with Gasteiger partial charge in [0.05, 0.1) is 23.9 Å². The number of hydrogen-bond acceptors (Lipinski definition) is 8. The van der Waals surface area contributed by atoms with Crippen molar-refractivity contribution in [3.63, 3.8) is 0 Å². The number of Topliss-reactive ketones (excluding diaryl/α,β-unsaturated/α-hetero) is 1. The number of hydrogen-bond donors (Lipinski definition) is 1. The number of aryl methyl sites for hydroxylation is 1. The van der Waals surface area contributed by atoms with Gasteiger partial charge in [-0.25, -0.2) is 9.78 Å². The minimum absolute atomic E-state index is 0.0279. The summed E-state index contributed by atoms with van der Waals surface area (Å²) in [4.78, 5) is 45.6. The van der Waals surface area contributed by atoms with Gasteiger partial charge in [-0.15, -0.1) is 0 Å². The molecule has 214 valence electrons. The summed E-state index contributed by atoms with van der Waals surface area (Å²) < 4.78 is 11.0. The van der Waals surface area contributed by atoms with Crippen LogP contribution in [-0.2, 0) is 20.9 Å². The fraction of sp³-hybridized carbons (Fsp3) is 0.212. The number of benzene rings is 3. The van der Waals surface area contributed by atoms with E-state index in [9.17, 15) is 19.5 Å². The molecular weight excluding hydrogens is 552 g/mol. The summed E-state index contributed by atoms with van der Waals surface area (Å²) in [6.07, 6.45) is 0. The van der Waals surface area contributed by atoms with Crippen molar-refractivity contribution in [2.45, 2.75) is 39.3 Å². The van der Waals surface area contributed by atoms with Crippen LogP contribution < -0.4 is 9.64 Å². The van der Waals surface area contributed by atoms with Crippen molar-refractivity contribution in [2.75, 3.05) is 11.5 Å². The molecule has 8 nitrogen and oxygen atoms in total. The smallest absolute Gasteiger partial charge is 0.350 e. The van der Waals surface area contributed by atoms with Gasteiger partial charge in [-0.1, -0.05) is 78.9 Å². The highest BCUT2D eigenvalue weighted by Gasteiger charge is 2.50. The number of nitrogens with zero attached hydrogens (tertiary/aromatic N) is 2. The Morgan fingerprint density at radius 2 is 1.64 bits per heavy atom. The van der Waals surface area contributed by atoms with Crippen molar-refractivity contribution >= 4 is 39.9 Å². The minimum atomic E-state index is -0.873. The van der Waals surface area contributed by atoms with Crippen LogP contribution in [0.15, 0.2) is 90.5 Å². The van der Waals surface area contributed by atoms with E-state index in [0.717, 1.165) is 22.5 Å². The van der Waals surface area contributed by atoms with Crippen molar-refractivity contribution in [3.8, 4) is 5.75 Å². The Hall–Kier alpha value is -4.76. The number of aliphatic hydroxyl groups is 1. The van der Waals surface area contributed by atoms with Crippen LogP contribution in [0, 0.1) is 6.92 Å². The third-order valence-electron chi connectivity index (χ3n) is 7.11. The third-order valence-corrected chi connectivity index (χ3v) is 8.25. The Morgan fingerprint density at radius 1 is 1.00 bits per heavy atom. The summed E-state index contributed by atoms with van der Waals surface area (Å²) in [5, 5.41) is 11.7. The highest BCUT2D eigenvalue weighted by Crippen LogP contribution is 2.42. The van der Waals surface area contributed by atoms with E-state index in [1.54, 1.807) is 38.1 Å². The van der Waals surface area contributed by atoms with Gasteiger partial charge in [-0.05, 0) is 49.2 Å². The van der Waals surface area contributed by atoms with Crippen molar-refractivity contribution in [2.24, 2.45) is 0 Å². The van der Waals surface area contributed by atoms with Crippen LogP contribution in [0.25, 0.3) is 5.76 Å². The third kappa shape index (κ3) is 5.69. The Kier molecular flexibility index (Phi) is 8.49. The molecule has 4 aromatic rings. The molecule has 0 radical (unpaired) electrons. The fourth-order valence-electron chi connectivity index (χ4n) is 4.96. The van der Waals surface area contributed by atoms with Gasteiger partial charge in [-0.2, -0.15) is 0 Å². The number of amides is 1. The van der Waals surface area contributed by atoms with Crippen LogP contribution in [0.4, 0.5) is 5.13 Å². The number of anilines is 1. The molecule has 9 heteroatoms. The molecule has 1 saturated heterocycles. The van der Waals surface area contributed by atoms with Crippen molar-refractivity contribution < 1.29 is 29.0 Å². The lowest BCUT2D eigenvalue weighted by Gasteiger charge is -2.28. The molecule has 0 spiro atoms. The van der Waals surface area contributed by atoms with Crippen LogP contribution in [0.2, 0.25) is 0 Å². The zero-order valence-electron chi connectivity index (χ0n) is 23.4. The second-order valence-electron chi connectivity index (χ2n) is 9.84. The van der Waals surface area contributed by atoms with Crippen LogP contribution in [0.1, 0.15) is 51.8 Å². The molecule has 2 heterocycles. The van der Waals surface area contributed by atoms with Crippen LogP contribution in [0.5, 0.6) is 5.75 Å². The Bertz CT molecular complexity index is 1630. The van der Waals surface area contributed by atoms with Crippen LogP contribution in [0.3, 0.4) is 0 Å². The van der Waals surface area contributed by atoms with E-state index in [4.69, 9.17) is 9.47 Å². The highest BCUT2D eigenvalue weighted by atomic mass is 32.1. The lowest BCUT2D eigenvalue weighted by Crippen LogP contribution is -2.37. The fourth-order valence-corrected chi connectivity index (χ4v) is 5.95. The molecule has 1 fully saturated rings. The molecule has 0 saturated carbocycles.